The highest BCUT2D eigenvalue weighted by Gasteiger charge is 2.53. The fourth-order valence-corrected chi connectivity index (χ4v) is 3.89. The van der Waals surface area contributed by atoms with Crippen molar-refractivity contribution in [1.82, 2.24) is 15.2 Å². The van der Waals surface area contributed by atoms with E-state index in [-0.39, 0.29) is 23.8 Å². The molecule has 1 aromatic rings. The molecule has 2 fully saturated rings. The first-order valence-corrected chi connectivity index (χ1v) is 8.95. The van der Waals surface area contributed by atoms with E-state index >= 15 is 0 Å². The molecule has 2 amide bonds. The number of carbonyl (C=O) groups excluding carboxylic acids is 2. The monoisotopic (exact) mass is 353 g/mol. The lowest BCUT2D eigenvalue weighted by atomic mass is 9.76. The largest absolute Gasteiger partial charge is 0.377 e. The number of pyridine rings is 1. The van der Waals surface area contributed by atoms with Gasteiger partial charge < -0.3 is 15.0 Å². The van der Waals surface area contributed by atoms with Gasteiger partial charge in [0.15, 0.2) is 0 Å². The minimum absolute atomic E-state index is 0.107. The van der Waals surface area contributed by atoms with Crippen molar-refractivity contribution in [3.05, 3.63) is 53.1 Å². The van der Waals surface area contributed by atoms with Crippen LogP contribution in [0.3, 0.4) is 0 Å². The molecule has 6 heteroatoms. The van der Waals surface area contributed by atoms with E-state index in [1.54, 1.807) is 18.3 Å². The average Bonchev–Trinajstić information content (AvgIpc) is 2.74. The summed E-state index contributed by atoms with van der Waals surface area (Å²) in [5, 5.41) is 2.96. The van der Waals surface area contributed by atoms with Crippen LogP contribution in [0.1, 0.15) is 36.3 Å². The molecule has 1 atom stereocenters. The van der Waals surface area contributed by atoms with Crippen LogP contribution in [0.25, 0.3) is 0 Å². The van der Waals surface area contributed by atoms with E-state index in [0.717, 1.165) is 23.5 Å². The predicted octanol–water partition coefficient (Wildman–Crippen LogP) is 2.17. The van der Waals surface area contributed by atoms with Crippen molar-refractivity contribution in [1.29, 1.82) is 0 Å². The van der Waals surface area contributed by atoms with Crippen molar-refractivity contribution in [2.24, 2.45) is 11.3 Å². The Kier molecular flexibility index (Phi) is 3.95. The molecule has 2 aliphatic heterocycles. The SMILES string of the molecule is Cc1cc(C(=O)NC2=CCC3C(=C2)N(C2COC2)C(=O)C3(C)C)ccn1. The van der Waals surface area contributed by atoms with Gasteiger partial charge in [0.25, 0.3) is 5.91 Å². The smallest absolute Gasteiger partial charge is 0.255 e. The molecule has 0 spiro atoms. The number of hydrogen-bond donors (Lipinski definition) is 1. The number of likely N-dealkylation sites (tertiary alicyclic amines) is 1. The summed E-state index contributed by atoms with van der Waals surface area (Å²) in [6.45, 7) is 7.02. The Morgan fingerprint density at radius 2 is 2.15 bits per heavy atom. The van der Waals surface area contributed by atoms with Crippen LogP contribution in [-0.4, -0.2) is 41.0 Å². The summed E-state index contributed by atoms with van der Waals surface area (Å²) in [4.78, 5) is 31.5. The molecular weight excluding hydrogens is 330 g/mol. The summed E-state index contributed by atoms with van der Waals surface area (Å²) in [6.07, 6.45) is 6.32. The molecule has 4 rings (SSSR count). The Morgan fingerprint density at radius 3 is 2.81 bits per heavy atom. The van der Waals surface area contributed by atoms with Crippen LogP contribution in [-0.2, 0) is 9.53 Å². The van der Waals surface area contributed by atoms with E-state index in [4.69, 9.17) is 4.74 Å². The molecule has 136 valence electrons. The highest BCUT2D eigenvalue weighted by atomic mass is 16.5. The molecule has 2 saturated heterocycles. The minimum atomic E-state index is -0.435. The van der Waals surface area contributed by atoms with Crippen LogP contribution in [0.15, 0.2) is 41.9 Å². The quantitative estimate of drug-likeness (QED) is 0.904. The zero-order valence-electron chi connectivity index (χ0n) is 15.3. The van der Waals surface area contributed by atoms with Crippen molar-refractivity contribution >= 4 is 11.8 Å². The van der Waals surface area contributed by atoms with Crippen LogP contribution in [0.4, 0.5) is 0 Å². The third kappa shape index (κ3) is 2.65. The zero-order chi connectivity index (χ0) is 18.5. The Morgan fingerprint density at radius 1 is 1.38 bits per heavy atom. The summed E-state index contributed by atoms with van der Waals surface area (Å²) in [7, 11) is 0. The van der Waals surface area contributed by atoms with Crippen LogP contribution in [0.2, 0.25) is 0 Å². The minimum Gasteiger partial charge on any atom is -0.377 e. The number of ether oxygens (including phenoxy) is 1. The van der Waals surface area contributed by atoms with Crippen molar-refractivity contribution in [2.45, 2.75) is 33.2 Å². The third-order valence-corrected chi connectivity index (χ3v) is 5.56. The highest BCUT2D eigenvalue weighted by molar-refractivity contribution is 5.95. The summed E-state index contributed by atoms with van der Waals surface area (Å²) in [5.41, 5.74) is 2.68. The van der Waals surface area contributed by atoms with Crippen molar-refractivity contribution in [3.8, 4) is 0 Å². The maximum absolute atomic E-state index is 12.9. The van der Waals surface area contributed by atoms with Gasteiger partial charge in [0.2, 0.25) is 5.91 Å². The first kappa shape index (κ1) is 17.0. The van der Waals surface area contributed by atoms with Gasteiger partial charge in [0.1, 0.15) is 0 Å². The Balaban J connectivity index is 1.58. The van der Waals surface area contributed by atoms with E-state index in [9.17, 15) is 9.59 Å². The van der Waals surface area contributed by atoms with E-state index in [2.05, 4.69) is 10.3 Å². The molecule has 0 aromatic carbocycles. The number of aromatic nitrogens is 1. The van der Waals surface area contributed by atoms with Gasteiger partial charge in [0, 0.05) is 34.8 Å². The van der Waals surface area contributed by atoms with Crippen molar-refractivity contribution in [2.75, 3.05) is 13.2 Å². The van der Waals surface area contributed by atoms with Crippen molar-refractivity contribution in [3.63, 3.8) is 0 Å². The van der Waals surface area contributed by atoms with Crippen LogP contribution in [0, 0.1) is 18.3 Å². The van der Waals surface area contributed by atoms with Gasteiger partial charge in [-0.25, -0.2) is 0 Å². The van der Waals surface area contributed by atoms with Gasteiger partial charge in [-0.05, 0) is 31.6 Å². The number of hydrogen-bond acceptors (Lipinski definition) is 4. The molecule has 1 N–H and O–H groups in total. The topological polar surface area (TPSA) is 71.5 Å². The van der Waals surface area contributed by atoms with Crippen LogP contribution < -0.4 is 5.32 Å². The van der Waals surface area contributed by atoms with E-state index < -0.39 is 5.41 Å². The summed E-state index contributed by atoms with van der Waals surface area (Å²) in [5.74, 6) is 0.117. The highest BCUT2D eigenvalue weighted by Crippen LogP contribution is 2.49. The molecule has 3 aliphatic rings. The molecule has 0 radical (unpaired) electrons. The number of nitrogens with zero attached hydrogens (tertiary/aromatic N) is 2. The van der Waals surface area contributed by atoms with Gasteiger partial charge in [-0.1, -0.05) is 19.9 Å². The summed E-state index contributed by atoms with van der Waals surface area (Å²) in [6, 6.07) is 3.56. The molecule has 1 aliphatic carbocycles. The van der Waals surface area contributed by atoms with Gasteiger partial charge in [-0.2, -0.15) is 0 Å². The lowest BCUT2D eigenvalue weighted by molar-refractivity contribution is -0.143. The van der Waals surface area contributed by atoms with E-state index in [1.807, 2.05) is 37.8 Å². The second-order valence-electron chi connectivity index (χ2n) is 7.75. The summed E-state index contributed by atoms with van der Waals surface area (Å²) < 4.78 is 5.29. The number of allylic oxidation sites excluding steroid dienone is 3. The van der Waals surface area contributed by atoms with E-state index in [1.165, 1.54) is 0 Å². The number of carbonyl (C=O) groups is 2. The number of rotatable bonds is 3. The normalized spacial score (nSPS) is 24.5. The lowest BCUT2D eigenvalue weighted by Crippen LogP contribution is -2.50. The zero-order valence-corrected chi connectivity index (χ0v) is 15.3. The molecule has 1 aromatic heterocycles. The third-order valence-electron chi connectivity index (χ3n) is 5.56. The maximum Gasteiger partial charge on any atom is 0.255 e. The second-order valence-corrected chi connectivity index (χ2v) is 7.75. The fraction of sp³-hybridized carbons (Fsp3) is 0.450. The molecule has 0 bridgehead atoms. The summed E-state index contributed by atoms with van der Waals surface area (Å²) >= 11 is 0. The van der Waals surface area contributed by atoms with Crippen LogP contribution in [0.5, 0.6) is 0 Å². The van der Waals surface area contributed by atoms with Gasteiger partial charge in [-0.3, -0.25) is 14.6 Å². The Labute approximate surface area is 152 Å². The van der Waals surface area contributed by atoms with Gasteiger partial charge in [0.05, 0.1) is 24.7 Å². The van der Waals surface area contributed by atoms with Gasteiger partial charge in [-0.15, -0.1) is 0 Å². The van der Waals surface area contributed by atoms with Gasteiger partial charge >= 0.3 is 0 Å². The standard InChI is InChI=1S/C20H23N3O3/c1-12-8-13(6-7-21-12)18(24)22-14-4-5-16-17(9-14)23(15-10-26-11-15)19(25)20(16,2)3/h4,6-9,15-16H,5,10-11H2,1-3H3,(H,22,24). The molecule has 1 unspecified atom stereocenters. The number of aryl methyl sites for hydroxylation is 1. The lowest BCUT2D eigenvalue weighted by Gasteiger charge is -2.36. The number of fused-ring (bicyclic) bond motifs is 1. The molecule has 0 saturated carbocycles. The fourth-order valence-electron chi connectivity index (χ4n) is 3.89. The maximum atomic E-state index is 12.9. The second kappa shape index (κ2) is 6.06. The first-order chi connectivity index (χ1) is 12.4. The molecular formula is C20H23N3O3. The van der Waals surface area contributed by atoms with Crippen molar-refractivity contribution < 1.29 is 14.3 Å². The first-order valence-electron chi connectivity index (χ1n) is 8.95. The molecule has 26 heavy (non-hydrogen) atoms. The molecule has 3 heterocycles. The number of amides is 2. The molecule has 6 nitrogen and oxygen atoms in total. The van der Waals surface area contributed by atoms with Crippen LogP contribution >= 0.6 is 0 Å². The number of nitrogens with one attached hydrogen (secondary N) is 1. The Hall–Kier alpha value is -2.47. The Bertz CT molecular complexity index is 836. The van der Waals surface area contributed by atoms with E-state index in [0.29, 0.717) is 18.8 Å². The predicted molar refractivity (Wildman–Crippen MR) is 95.9 cm³/mol. The average molecular weight is 353 g/mol.